The molecule has 0 atom stereocenters. The molecule has 3 rings (SSSR count). The fraction of sp³-hybridized carbons (Fsp3) is 0.368. The van der Waals surface area contributed by atoms with Crippen molar-refractivity contribution in [3.05, 3.63) is 44.6 Å². The maximum atomic E-state index is 13.0. The Morgan fingerprint density at radius 3 is 2.40 bits per heavy atom. The van der Waals surface area contributed by atoms with Crippen molar-refractivity contribution >= 4 is 62.1 Å². The molecular weight excluding hydrogens is 469 g/mol. The third-order valence-electron chi connectivity index (χ3n) is 4.71. The van der Waals surface area contributed by atoms with Crippen LogP contribution in [0.25, 0.3) is 0 Å². The van der Waals surface area contributed by atoms with E-state index in [1.165, 1.54) is 22.3 Å². The van der Waals surface area contributed by atoms with E-state index in [1.807, 2.05) is 0 Å². The molecule has 0 saturated carbocycles. The number of thiophene rings is 1. The highest BCUT2D eigenvalue weighted by Crippen LogP contribution is 2.30. The van der Waals surface area contributed by atoms with E-state index < -0.39 is 21.8 Å². The summed E-state index contributed by atoms with van der Waals surface area (Å²) >= 11 is 13.1. The van der Waals surface area contributed by atoms with Gasteiger partial charge >= 0.3 is 0 Å². The molecule has 1 aromatic heterocycles. The van der Waals surface area contributed by atoms with Crippen LogP contribution < -0.4 is 5.32 Å². The van der Waals surface area contributed by atoms with Crippen molar-refractivity contribution in [1.82, 2.24) is 9.21 Å². The van der Waals surface area contributed by atoms with Gasteiger partial charge in [-0.05, 0) is 36.4 Å². The van der Waals surface area contributed by atoms with E-state index in [0.29, 0.717) is 13.1 Å². The Hall–Kier alpha value is -1.65. The zero-order valence-corrected chi connectivity index (χ0v) is 19.4. The van der Waals surface area contributed by atoms with Gasteiger partial charge in [-0.3, -0.25) is 9.59 Å². The zero-order chi connectivity index (χ0) is 21.9. The van der Waals surface area contributed by atoms with E-state index in [1.54, 1.807) is 23.6 Å². The van der Waals surface area contributed by atoms with Crippen molar-refractivity contribution in [2.75, 3.05) is 32.0 Å². The lowest BCUT2D eigenvalue weighted by molar-refractivity contribution is -0.116. The number of nitrogens with one attached hydrogen (secondary N) is 1. The number of hydrogen-bond acceptors (Lipinski definition) is 5. The number of piperidine rings is 1. The van der Waals surface area contributed by atoms with Crippen LogP contribution in [0.1, 0.15) is 28.9 Å². The Morgan fingerprint density at radius 2 is 1.77 bits per heavy atom. The lowest BCUT2D eigenvalue weighted by Gasteiger charge is -2.26. The molecular formula is C19H21Cl2N3O4S2. The first-order valence-corrected chi connectivity index (χ1v) is 12.4. The van der Waals surface area contributed by atoms with E-state index in [9.17, 15) is 18.0 Å². The van der Waals surface area contributed by atoms with Gasteiger partial charge in [-0.1, -0.05) is 35.7 Å². The predicted molar refractivity (Wildman–Crippen MR) is 119 cm³/mol. The molecule has 11 heteroatoms. The normalized spacial score (nSPS) is 15.0. The van der Waals surface area contributed by atoms with Gasteiger partial charge in [-0.25, -0.2) is 8.42 Å². The molecule has 2 amide bonds. The Morgan fingerprint density at radius 1 is 1.13 bits per heavy atom. The summed E-state index contributed by atoms with van der Waals surface area (Å²) in [7, 11) is -2.32. The Kier molecular flexibility index (Phi) is 7.41. The molecule has 0 bridgehead atoms. The second kappa shape index (κ2) is 9.65. The highest BCUT2D eigenvalue weighted by Gasteiger charge is 2.32. The van der Waals surface area contributed by atoms with Crippen LogP contribution >= 0.6 is 34.5 Å². The first kappa shape index (κ1) is 23.0. The smallest absolute Gasteiger partial charge is 0.265 e. The minimum atomic E-state index is -3.76. The maximum Gasteiger partial charge on any atom is 0.265 e. The van der Waals surface area contributed by atoms with Crippen LogP contribution in [0, 0.1) is 0 Å². The molecule has 0 unspecified atom stereocenters. The maximum absolute atomic E-state index is 13.0. The van der Waals surface area contributed by atoms with Gasteiger partial charge in [-0.2, -0.15) is 4.31 Å². The number of nitrogens with zero attached hydrogens (tertiary/aromatic N) is 2. The van der Waals surface area contributed by atoms with E-state index >= 15 is 0 Å². The number of para-hydroxylation sites is 1. The summed E-state index contributed by atoms with van der Waals surface area (Å²) in [6.45, 7) is 0.604. The molecule has 2 aromatic rings. The summed E-state index contributed by atoms with van der Waals surface area (Å²) in [5.74, 6) is -1.04. The van der Waals surface area contributed by atoms with Crippen LogP contribution in [-0.2, 0) is 14.8 Å². The third-order valence-corrected chi connectivity index (χ3v) is 8.31. The van der Waals surface area contributed by atoms with Crippen LogP contribution in [-0.4, -0.2) is 56.1 Å². The summed E-state index contributed by atoms with van der Waals surface area (Å²) < 4.78 is 27.4. The van der Waals surface area contributed by atoms with Gasteiger partial charge < -0.3 is 10.2 Å². The molecule has 1 N–H and O–H groups in total. The number of likely N-dealkylation sites (N-methyl/N-ethyl adjacent to an activating group) is 1. The second-order valence-electron chi connectivity index (χ2n) is 6.88. The van der Waals surface area contributed by atoms with E-state index in [-0.39, 0.29) is 32.1 Å². The van der Waals surface area contributed by atoms with Gasteiger partial charge in [0.05, 0.1) is 22.3 Å². The minimum absolute atomic E-state index is 0.0131. The molecule has 7 nitrogen and oxygen atoms in total. The average Bonchev–Trinajstić information content (AvgIpc) is 3.21. The first-order chi connectivity index (χ1) is 14.2. The highest BCUT2D eigenvalue weighted by molar-refractivity contribution is 7.89. The van der Waals surface area contributed by atoms with E-state index in [0.717, 1.165) is 30.6 Å². The van der Waals surface area contributed by atoms with Gasteiger partial charge in [0.25, 0.3) is 5.91 Å². The van der Waals surface area contributed by atoms with E-state index in [4.69, 9.17) is 23.2 Å². The quantitative estimate of drug-likeness (QED) is 0.665. The van der Waals surface area contributed by atoms with Gasteiger partial charge in [0.15, 0.2) is 0 Å². The molecule has 30 heavy (non-hydrogen) atoms. The summed E-state index contributed by atoms with van der Waals surface area (Å²) in [4.78, 5) is 26.5. The van der Waals surface area contributed by atoms with Crippen molar-refractivity contribution < 1.29 is 18.0 Å². The first-order valence-electron chi connectivity index (χ1n) is 9.29. The van der Waals surface area contributed by atoms with Gasteiger partial charge in [0.2, 0.25) is 15.9 Å². The monoisotopic (exact) mass is 489 g/mol. The van der Waals surface area contributed by atoms with Crippen molar-refractivity contribution in [3.8, 4) is 0 Å². The number of carbonyl (C=O) groups is 2. The van der Waals surface area contributed by atoms with Crippen LogP contribution in [0.3, 0.4) is 0 Å². The number of anilines is 1. The number of amides is 2. The Balaban J connectivity index is 1.73. The summed E-state index contributed by atoms with van der Waals surface area (Å²) in [6.07, 6.45) is 2.60. The predicted octanol–water partition coefficient (Wildman–Crippen LogP) is 3.94. The van der Waals surface area contributed by atoms with Crippen LogP contribution in [0.2, 0.25) is 10.0 Å². The fourth-order valence-corrected chi connectivity index (χ4v) is 6.56. The molecule has 2 heterocycles. The topological polar surface area (TPSA) is 86.8 Å². The van der Waals surface area contributed by atoms with Gasteiger partial charge in [0.1, 0.15) is 9.77 Å². The lowest BCUT2D eigenvalue weighted by atomic mass is 10.2. The van der Waals surface area contributed by atoms with Gasteiger partial charge in [-0.15, -0.1) is 11.3 Å². The summed E-state index contributed by atoms with van der Waals surface area (Å²) in [6, 6.07) is 6.26. The average molecular weight is 490 g/mol. The summed E-state index contributed by atoms with van der Waals surface area (Å²) in [5.41, 5.74) is 0.260. The Labute approximate surface area is 189 Å². The van der Waals surface area contributed by atoms with Crippen molar-refractivity contribution in [2.24, 2.45) is 0 Å². The molecule has 1 aliphatic rings. The number of carbonyl (C=O) groups excluding carboxylic acids is 2. The second-order valence-corrected chi connectivity index (χ2v) is 10.5. The van der Waals surface area contributed by atoms with Gasteiger partial charge in [0, 0.05) is 20.1 Å². The SMILES string of the molecule is CN(CC(=O)Nc1c(Cl)cccc1Cl)C(=O)c1sccc1S(=O)(=O)N1CCCCC1. The van der Waals surface area contributed by atoms with E-state index in [2.05, 4.69) is 5.32 Å². The standard InChI is InChI=1S/C19H21Cl2N3O4S2/c1-23(12-16(25)22-17-13(20)6-5-7-14(17)21)19(26)18-15(8-11-29-18)30(27,28)24-9-3-2-4-10-24/h5-8,11H,2-4,9-10,12H2,1H3,(H,22,25). The number of benzene rings is 1. The zero-order valence-electron chi connectivity index (χ0n) is 16.2. The van der Waals surface area contributed by atoms with Crippen LogP contribution in [0.4, 0.5) is 5.69 Å². The highest BCUT2D eigenvalue weighted by atomic mass is 35.5. The van der Waals surface area contributed by atoms with Crippen molar-refractivity contribution in [1.29, 1.82) is 0 Å². The van der Waals surface area contributed by atoms with Crippen LogP contribution in [0.15, 0.2) is 34.5 Å². The number of halogens is 2. The molecule has 1 fully saturated rings. The molecule has 0 radical (unpaired) electrons. The molecule has 0 spiro atoms. The summed E-state index contributed by atoms with van der Waals surface area (Å²) in [5, 5.41) is 4.71. The van der Waals surface area contributed by atoms with Crippen molar-refractivity contribution in [3.63, 3.8) is 0 Å². The van der Waals surface area contributed by atoms with Crippen molar-refractivity contribution in [2.45, 2.75) is 24.2 Å². The number of sulfonamides is 1. The van der Waals surface area contributed by atoms with Crippen LogP contribution in [0.5, 0.6) is 0 Å². The number of hydrogen-bond donors (Lipinski definition) is 1. The lowest BCUT2D eigenvalue weighted by Crippen LogP contribution is -2.38. The molecule has 162 valence electrons. The minimum Gasteiger partial charge on any atom is -0.332 e. The molecule has 1 aliphatic heterocycles. The fourth-order valence-electron chi connectivity index (χ4n) is 3.16. The molecule has 1 saturated heterocycles. The largest absolute Gasteiger partial charge is 0.332 e. The molecule has 1 aromatic carbocycles. The Bertz CT molecular complexity index is 1030. The third kappa shape index (κ3) is 4.97. The number of rotatable bonds is 6. The molecule has 0 aliphatic carbocycles.